The zero-order valence-corrected chi connectivity index (χ0v) is 12.2. The predicted molar refractivity (Wildman–Crippen MR) is 75.9 cm³/mol. The Labute approximate surface area is 113 Å². The van der Waals surface area contributed by atoms with Gasteiger partial charge in [-0.3, -0.25) is 0 Å². The van der Waals surface area contributed by atoms with Crippen molar-refractivity contribution in [1.82, 2.24) is 0 Å². The third kappa shape index (κ3) is 3.25. The van der Waals surface area contributed by atoms with Crippen molar-refractivity contribution < 1.29 is 4.74 Å². The molecule has 0 aromatic heterocycles. The fourth-order valence-corrected chi connectivity index (χ4v) is 3.44. The molecule has 3 unspecified atom stereocenters. The van der Waals surface area contributed by atoms with Crippen LogP contribution in [-0.2, 0) is 6.42 Å². The molecule has 2 heteroatoms. The van der Waals surface area contributed by atoms with Gasteiger partial charge in [-0.1, -0.05) is 35.0 Å². The summed E-state index contributed by atoms with van der Waals surface area (Å²) >= 11 is 3.77. The molecule has 1 fully saturated rings. The molecule has 2 rings (SSSR count). The van der Waals surface area contributed by atoms with Crippen molar-refractivity contribution in [3.63, 3.8) is 0 Å². The lowest BCUT2D eigenvalue weighted by Crippen LogP contribution is -2.11. The van der Waals surface area contributed by atoms with Gasteiger partial charge < -0.3 is 4.74 Å². The standard InChI is InChI=1S/C15H21BrO/c1-11-13(7-10-15(11)16)6-3-12-4-8-14(17-2)9-5-12/h4-5,8-9,11,13,15H,3,6-7,10H2,1-2H3. The number of methoxy groups -OCH3 is 1. The summed E-state index contributed by atoms with van der Waals surface area (Å²) in [5.41, 5.74) is 1.43. The number of aryl methyl sites for hydroxylation is 1. The van der Waals surface area contributed by atoms with Gasteiger partial charge in [-0.2, -0.15) is 0 Å². The van der Waals surface area contributed by atoms with Crippen LogP contribution in [0.1, 0.15) is 31.7 Å². The van der Waals surface area contributed by atoms with Crippen LogP contribution in [0.5, 0.6) is 5.75 Å². The Balaban J connectivity index is 1.85. The summed E-state index contributed by atoms with van der Waals surface area (Å²) in [6, 6.07) is 8.48. The van der Waals surface area contributed by atoms with E-state index in [2.05, 4.69) is 47.1 Å². The minimum absolute atomic E-state index is 0.739. The second-order valence-corrected chi connectivity index (χ2v) is 6.28. The highest BCUT2D eigenvalue weighted by atomic mass is 79.9. The molecule has 3 atom stereocenters. The zero-order chi connectivity index (χ0) is 12.3. The highest BCUT2D eigenvalue weighted by molar-refractivity contribution is 9.09. The number of ether oxygens (including phenoxy) is 1. The Morgan fingerprint density at radius 2 is 1.94 bits per heavy atom. The van der Waals surface area contributed by atoms with E-state index < -0.39 is 0 Å². The minimum atomic E-state index is 0.739. The third-order valence-corrected chi connectivity index (χ3v) is 5.38. The number of rotatable bonds is 4. The molecule has 1 aliphatic carbocycles. The first-order valence-electron chi connectivity index (χ1n) is 6.47. The summed E-state index contributed by atoms with van der Waals surface area (Å²) in [6.45, 7) is 2.38. The SMILES string of the molecule is COc1ccc(CCC2CCC(Br)C2C)cc1. The lowest BCUT2D eigenvalue weighted by atomic mass is 9.91. The van der Waals surface area contributed by atoms with Crippen LogP contribution < -0.4 is 4.74 Å². The molecule has 1 nitrogen and oxygen atoms in total. The molecule has 94 valence electrons. The number of hydrogen-bond donors (Lipinski definition) is 0. The maximum Gasteiger partial charge on any atom is 0.118 e. The monoisotopic (exact) mass is 296 g/mol. The van der Waals surface area contributed by atoms with E-state index in [1.165, 1.54) is 31.2 Å². The predicted octanol–water partition coefficient (Wildman–Crippen LogP) is 4.44. The van der Waals surface area contributed by atoms with Gasteiger partial charge in [0, 0.05) is 4.83 Å². The smallest absolute Gasteiger partial charge is 0.118 e. The van der Waals surface area contributed by atoms with Crippen LogP contribution in [-0.4, -0.2) is 11.9 Å². The number of hydrogen-bond acceptors (Lipinski definition) is 1. The summed E-state index contributed by atoms with van der Waals surface area (Å²) in [7, 11) is 1.71. The van der Waals surface area contributed by atoms with Gasteiger partial charge in [-0.25, -0.2) is 0 Å². The summed E-state index contributed by atoms with van der Waals surface area (Å²) in [5, 5.41) is 0. The average molecular weight is 297 g/mol. The van der Waals surface area contributed by atoms with Crippen molar-refractivity contribution in [3.8, 4) is 5.75 Å². The fraction of sp³-hybridized carbons (Fsp3) is 0.600. The van der Waals surface area contributed by atoms with E-state index in [9.17, 15) is 0 Å². The molecule has 0 amide bonds. The van der Waals surface area contributed by atoms with Gasteiger partial charge in [0.1, 0.15) is 5.75 Å². The summed E-state index contributed by atoms with van der Waals surface area (Å²) in [4.78, 5) is 0.739. The fourth-order valence-electron chi connectivity index (χ4n) is 2.75. The molecule has 0 aliphatic heterocycles. The highest BCUT2D eigenvalue weighted by Crippen LogP contribution is 2.38. The van der Waals surface area contributed by atoms with Gasteiger partial charge in [-0.15, -0.1) is 0 Å². The summed E-state index contributed by atoms with van der Waals surface area (Å²) in [6.07, 6.45) is 5.23. The number of benzene rings is 1. The Morgan fingerprint density at radius 3 is 2.47 bits per heavy atom. The van der Waals surface area contributed by atoms with Crippen molar-refractivity contribution in [2.45, 2.75) is 37.4 Å². The molecule has 1 aromatic rings. The molecule has 0 spiro atoms. The Bertz CT molecular complexity index is 346. The molecule has 1 aromatic carbocycles. The van der Waals surface area contributed by atoms with Crippen LogP contribution in [0, 0.1) is 11.8 Å². The first kappa shape index (κ1) is 12.9. The van der Waals surface area contributed by atoms with Crippen LogP contribution in [0.25, 0.3) is 0 Å². The molecule has 1 saturated carbocycles. The molecular formula is C15H21BrO. The van der Waals surface area contributed by atoms with Crippen LogP contribution in [0.4, 0.5) is 0 Å². The van der Waals surface area contributed by atoms with E-state index >= 15 is 0 Å². The quantitative estimate of drug-likeness (QED) is 0.747. The summed E-state index contributed by atoms with van der Waals surface area (Å²) < 4.78 is 5.17. The average Bonchev–Trinajstić information content (AvgIpc) is 2.68. The summed E-state index contributed by atoms with van der Waals surface area (Å²) in [5.74, 6) is 2.67. The molecule has 0 saturated heterocycles. The van der Waals surface area contributed by atoms with E-state index in [-0.39, 0.29) is 0 Å². The first-order chi connectivity index (χ1) is 8.20. The van der Waals surface area contributed by atoms with E-state index in [1.807, 2.05) is 0 Å². The minimum Gasteiger partial charge on any atom is -0.497 e. The molecular weight excluding hydrogens is 276 g/mol. The first-order valence-corrected chi connectivity index (χ1v) is 7.39. The Kier molecular flexibility index (Phi) is 4.49. The molecule has 0 radical (unpaired) electrons. The van der Waals surface area contributed by atoms with Crippen molar-refractivity contribution in [2.24, 2.45) is 11.8 Å². The molecule has 17 heavy (non-hydrogen) atoms. The van der Waals surface area contributed by atoms with Gasteiger partial charge in [0.05, 0.1) is 7.11 Å². The van der Waals surface area contributed by atoms with Crippen molar-refractivity contribution in [3.05, 3.63) is 29.8 Å². The van der Waals surface area contributed by atoms with Gasteiger partial charge >= 0.3 is 0 Å². The topological polar surface area (TPSA) is 9.23 Å². The van der Waals surface area contributed by atoms with Crippen LogP contribution in [0.15, 0.2) is 24.3 Å². The normalized spacial score (nSPS) is 28.3. The molecule has 0 heterocycles. The highest BCUT2D eigenvalue weighted by Gasteiger charge is 2.30. The number of halogens is 1. The van der Waals surface area contributed by atoms with Gasteiger partial charge in [0.15, 0.2) is 0 Å². The molecule has 1 aliphatic rings. The van der Waals surface area contributed by atoms with Crippen molar-refractivity contribution in [2.75, 3.05) is 7.11 Å². The van der Waals surface area contributed by atoms with E-state index in [0.717, 1.165) is 22.4 Å². The lowest BCUT2D eigenvalue weighted by Gasteiger charge is -2.17. The number of alkyl halides is 1. The van der Waals surface area contributed by atoms with E-state index in [1.54, 1.807) is 7.11 Å². The van der Waals surface area contributed by atoms with Crippen molar-refractivity contribution in [1.29, 1.82) is 0 Å². The Hall–Kier alpha value is -0.500. The van der Waals surface area contributed by atoms with Gasteiger partial charge in [0.25, 0.3) is 0 Å². The maximum absolute atomic E-state index is 5.17. The van der Waals surface area contributed by atoms with Crippen molar-refractivity contribution >= 4 is 15.9 Å². The van der Waals surface area contributed by atoms with Crippen LogP contribution in [0.3, 0.4) is 0 Å². The molecule has 0 bridgehead atoms. The largest absolute Gasteiger partial charge is 0.497 e. The zero-order valence-electron chi connectivity index (χ0n) is 10.7. The van der Waals surface area contributed by atoms with Gasteiger partial charge in [0.2, 0.25) is 0 Å². The maximum atomic E-state index is 5.17. The van der Waals surface area contributed by atoms with Gasteiger partial charge in [-0.05, 0) is 55.2 Å². The van der Waals surface area contributed by atoms with Crippen LogP contribution in [0.2, 0.25) is 0 Å². The third-order valence-electron chi connectivity index (χ3n) is 4.09. The second kappa shape index (κ2) is 5.90. The Morgan fingerprint density at radius 1 is 1.24 bits per heavy atom. The lowest BCUT2D eigenvalue weighted by molar-refractivity contribution is 0.397. The molecule has 0 N–H and O–H groups in total. The van der Waals surface area contributed by atoms with E-state index in [4.69, 9.17) is 4.74 Å². The second-order valence-electron chi connectivity index (χ2n) is 5.10. The van der Waals surface area contributed by atoms with E-state index in [0.29, 0.717) is 0 Å². The van der Waals surface area contributed by atoms with Crippen LogP contribution >= 0.6 is 15.9 Å².